The summed E-state index contributed by atoms with van der Waals surface area (Å²) >= 11 is 0. The van der Waals surface area contributed by atoms with Crippen LogP contribution in [0.3, 0.4) is 0 Å². The predicted molar refractivity (Wildman–Crippen MR) is 72.2 cm³/mol. The summed E-state index contributed by atoms with van der Waals surface area (Å²) in [5.74, 6) is 0. The molecule has 1 saturated carbocycles. The maximum Gasteiger partial charge on any atom is 0.0208 e. The van der Waals surface area contributed by atoms with E-state index in [4.69, 9.17) is 0 Å². The van der Waals surface area contributed by atoms with Gasteiger partial charge in [0.2, 0.25) is 0 Å². The highest BCUT2D eigenvalue weighted by molar-refractivity contribution is 5.85. The number of rotatable bonds is 4. The maximum absolute atomic E-state index is 3.64. The standard InChI is InChI=1S/C14H21N.ClH/c1-2-12-7-9-13(10-8-12)11-15-14-5-3-4-6-14;/h7-10,14-15H,2-6,11H2,1H3;1H. The Labute approximate surface area is 105 Å². The second kappa shape index (κ2) is 6.93. The molecule has 2 rings (SSSR count). The molecule has 16 heavy (non-hydrogen) atoms. The molecule has 0 spiro atoms. The topological polar surface area (TPSA) is 12.0 Å². The molecular weight excluding hydrogens is 218 g/mol. The van der Waals surface area contributed by atoms with E-state index >= 15 is 0 Å². The summed E-state index contributed by atoms with van der Waals surface area (Å²) in [4.78, 5) is 0. The minimum atomic E-state index is 0. The van der Waals surface area contributed by atoms with Gasteiger partial charge in [-0.3, -0.25) is 0 Å². The van der Waals surface area contributed by atoms with Crippen LogP contribution in [0.15, 0.2) is 24.3 Å². The molecule has 0 heterocycles. The van der Waals surface area contributed by atoms with E-state index in [1.54, 1.807) is 0 Å². The highest BCUT2D eigenvalue weighted by Crippen LogP contribution is 2.18. The van der Waals surface area contributed by atoms with Crippen LogP contribution in [0.4, 0.5) is 0 Å². The summed E-state index contributed by atoms with van der Waals surface area (Å²) < 4.78 is 0. The highest BCUT2D eigenvalue weighted by atomic mass is 35.5. The van der Waals surface area contributed by atoms with Crippen molar-refractivity contribution in [2.24, 2.45) is 0 Å². The van der Waals surface area contributed by atoms with Crippen molar-refractivity contribution in [3.8, 4) is 0 Å². The fraction of sp³-hybridized carbons (Fsp3) is 0.571. The van der Waals surface area contributed by atoms with Crippen LogP contribution >= 0.6 is 12.4 Å². The van der Waals surface area contributed by atoms with Gasteiger partial charge in [0.05, 0.1) is 0 Å². The zero-order valence-corrected chi connectivity index (χ0v) is 10.9. The van der Waals surface area contributed by atoms with Gasteiger partial charge in [-0.2, -0.15) is 0 Å². The molecule has 0 unspecified atom stereocenters. The van der Waals surface area contributed by atoms with Crippen LogP contribution in [-0.2, 0) is 13.0 Å². The Morgan fingerprint density at radius 1 is 1.06 bits per heavy atom. The van der Waals surface area contributed by atoms with E-state index in [2.05, 4.69) is 36.5 Å². The molecule has 0 amide bonds. The molecule has 0 bridgehead atoms. The molecule has 0 aliphatic heterocycles. The minimum Gasteiger partial charge on any atom is -0.310 e. The Morgan fingerprint density at radius 3 is 2.19 bits per heavy atom. The van der Waals surface area contributed by atoms with E-state index < -0.39 is 0 Å². The van der Waals surface area contributed by atoms with Gasteiger partial charge in [0.1, 0.15) is 0 Å². The number of halogens is 1. The van der Waals surface area contributed by atoms with Gasteiger partial charge in [0.25, 0.3) is 0 Å². The first kappa shape index (κ1) is 13.5. The smallest absolute Gasteiger partial charge is 0.0208 e. The summed E-state index contributed by atoms with van der Waals surface area (Å²) in [5.41, 5.74) is 2.85. The Balaban J connectivity index is 0.00000128. The van der Waals surface area contributed by atoms with Gasteiger partial charge in [0.15, 0.2) is 0 Å². The van der Waals surface area contributed by atoms with Crippen molar-refractivity contribution in [3.63, 3.8) is 0 Å². The number of hydrogen-bond acceptors (Lipinski definition) is 1. The zero-order chi connectivity index (χ0) is 10.5. The molecule has 2 heteroatoms. The maximum atomic E-state index is 3.64. The summed E-state index contributed by atoms with van der Waals surface area (Å²) in [6.07, 6.45) is 6.69. The van der Waals surface area contributed by atoms with E-state index in [1.807, 2.05) is 0 Å². The average Bonchev–Trinajstić information content (AvgIpc) is 2.80. The van der Waals surface area contributed by atoms with Gasteiger partial charge in [-0.1, -0.05) is 44.0 Å². The molecule has 1 N–H and O–H groups in total. The lowest BCUT2D eigenvalue weighted by Gasteiger charge is -2.11. The van der Waals surface area contributed by atoms with E-state index in [9.17, 15) is 0 Å². The molecule has 0 atom stereocenters. The summed E-state index contributed by atoms with van der Waals surface area (Å²) in [7, 11) is 0. The molecule has 0 radical (unpaired) electrons. The van der Waals surface area contributed by atoms with Gasteiger partial charge in [-0.25, -0.2) is 0 Å². The lowest BCUT2D eigenvalue weighted by atomic mass is 10.1. The molecule has 1 aliphatic carbocycles. The third kappa shape index (κ3) is 3.80. The van der Waals surface area contributed by atoms with Crippen molar-refractivity contribution < 1.29 is 0 Å². The van der Waals surface area contributed by atoms with Gasteiger partial charge in [-0.15, -0.1) is 12.4 Å². The van der Waals surface area contributed by atoms with Crippen molar-refractivity contribution in [1.82, 2.24) is 5.32 Å². The highest BCUT2D eigenvalue weighted by Gasteiger charge is 2.13. The molecule has 0 aromatic heterocycles. The van der Waals surface area contributed by atoms with Crippen LogP contribution in [0, 0.1) is 0 Å². The molecule has 0 saturated heterocycles. The van der Waals surface area contributed by atoms with Crippen LogP contribution in [-0.4, -0.2) is 6.04 Å². The third-order valence-corrected chi connectivity index (χ3v) is 3.38. The lowest BCUT2D eigenvalue weighted by molar-refractivity contribution is 0.524. The largest absolute Gasteiger partial charge is 0.310 e. The average molecular weight is 240 g/mol. The molecule has 1 nitrogen and oxygen atoms in total. The second-order valence-electron chi connectivity index (χ2n) is 4.53. The fourth-order valence-electron chi connectivity index (χ4n) is 2.28. The monoisotopic (exact) mass is 239 g/mol. The molecule has 1 aliphatic rings. The first-order valence-electron chi connectivity index (χ1n) is 6.19. The Kier molecular flexibility index (Phi) is 5.86. The molecular formula is C14H22ClN. The predicted octanol–water partition coefficient (Wildman–Crippen LogP) is 3.70. The number of hydrogen-bond donors (Lipinski definition) is 1. The van der Waals surface area contributed by atoms with Crippen LogP contribution in [0.2, 0.25) is 0 Å². The molecule has 90 valence electrons. The number of aryl methyl sites for hydroxylation is 1. The fourth-order valence-corrected chi connectivity index (χ4v) is 2.28. The number of nitrogens with one attached hydrogen (secondary N) is 1. The zero-order valence-electron chi connectivity index (χ0n) is 10.0. The van der Waals surface area contributed by atoms with E-state index in [1.165, 1.54) is 36.8 Å². The Morgan fingerprint density at radius 2 is 1.62 bits per heavy atom. The lowest BCUT2D eigenvalue weighted by Crippen LogP contribution is -2.25. The Hall–Kier alpha value is -0.530. The first-order chi connectivity index (χ1) is 7.38. The van der Waals surface area contributed by atoms with E-state index in [-0.39, 0.29) is 12.4 Å². The van der Waals surface area contributed by atoms with Crippen molar-refractivity contribution in [3.05, 3.63) is 35.4 Å². The first-order valence-corrected chi connectivity index (χ1v) is 6.19. The second-order valence-corrected chi connectivity index (χ2v) is 4.53. The van der Waals surface area contributed by atoms with Gasteiger partial charge in [0, 0.05) is 12.6 Å². The van der Waals surface area contributed by atoms with Crippen molar-refractivity contribution in [2.75, 3.05) is 0 Å². The number of benzene rings is 1. The van der Waals surface area contributed by atoms with Gasteiger partial charge in [-0.05, 0) is 30.4 Å². The van der Waals surface area contributed by atoms with Crippen LogP contribution in [0.25, 0.3) is 0 Å². The van der Waals surface area contributed by atoms with E-state index in [0.29, 0.717) is 0 Å². The van der Waals surface area contributed by atoms with Crippen molar-refractivity contribution in [1.29, 1.82) is 0 Å². The van der Waals surface area contributed by atoms with Gasteiger partial charge < -0.3 is 5.32 Å². The third-order valence-electron chi connectivity index (χ3n) is 3.38. The minimum absolute atomic E-state index is 0. The van der Waals surface area contributed by atoms with Crippen LogP contribution in [0.5, 0.6) is 0 Å². The van der Waals surface area contributed by atoms with Crippen LogP contribution < -0.4 is 5.32 Å². The quantitative estimate of drug-likeness (QED) is 0.845. The van der Waals surface area contributed by atoms with Crippen molar-refractivity contribution in [2.45, 2.75) is 51.6 Å². The SMILES string of the molecule is CCc1ccc(CNC2CCCC2)cc1.Cl. The summed E-state index contributed by atoms with van der Waals surface area (Å²) in [5, 5.41) is 3.64. The summed E-state index contributed by atoms with van der Waals surface area (Å²) in [6.45, 7) is 3.24. The van der Waals surface area contributed by atoms with E-state index in [0.717, 1.165) is 19.0 Å². The molecule has 1 aromatic rings. The van der Waals surface area contributed by atoms with Crippen molar-refractivity contribution >= 4 is 12.4 Å². The molecule has 1 aromatic carbocycles. The Bertz CT molecular complexity index is 288. The van der Waals surface area contributed by atoms with Gasteiger partial charge >= 0.3 is 0 Å². The van der Waals surface area contributed by atoms with Crippen LogP contribution in [0.1, 0.15) is 43.7 Å². The normalized spacial score (nSPS) is 16.1. The molecule has 1 fully saturated rings. The summed E-state index contributed by atoms with van der Waals surface area (Å²) in [6, 6.07) is 9.76.